The Kier molecular flexibility index (Phi) is 17.2. The molecule has 2 aliphatic rings. The molecular weight excluding hydrogens is 660 g/mol. The average Bonchev–Trinajstić information content (AvgIpc) is 3.62. The van der Waals surface area contributed by atoms with Crippen LogP contribution in [0.1, 0.15) is 92.1 Å². The molecule has 2 heterocycles. The van der Waals surface area contributed by atoms with Gasteiger partial charge in [-0.3, -0.25) is 24.0 Å². The highest BCUT2D eigenvalue weighted by molar-refractivity contribution is 5.89. The first-order valence-electron chi connectivity index (χ1n) is 19.5. The Hall–Kier alpha value is -3.31. The van der Waals surface area contributed by atoms with Crippen LogP contribution in [0.4, 0.5) is 0 Å². The number of carbonyl (C=O) groups is 5. The third-order valence-electron chi connectivity index (χ3n) is 11.7. The maximum absolute atomic E-state index is 14.2. The van der Waals surface area contributed by atoms with E-state index in [4.69, 9.17) is 9.47 Å². The van der Waals surface area contributed by atoms with E-state index in [0.29, 0.717) is 26.1 Å². The fourth-order valence-electron chi connectivity index (χ4n) is 8.16. The first-order valence-corrected chi connectivity index (χ1v) is 19.5. The molecule has 0 aromatic heterocycles. The Morgan fingerprint density at radius 1 is 0.923 bits per heavy atom. The Balaban J connectivity index is 1.73. The van der Waals surface area contributed by atoms with Crippen LogP contribution in [-0.2, 0) is 39.9 Å². The van der Waals surface area contributed by atoms with Gasteiger partial charge in [-0.05, 0) is 42.6 Å². The van der Waals surface area contributed by atoms with Crippen LogP contribution >= 0.6 is 0 Å². The summed E-state index contributed by atoms with van der Waals surface area (Å²) in [7, 11) is 4.96. The van der Waals surface area contributed by atoms with Crippen LogP contribution in [0.25, 0.3) is 0 Å². The van der Waals surface area contributed by atoms with E-state index in [2.05, 4.69) is 38.2 Å². The van der Waals surface area contributed by atoms with Crippen LogP contribution in [0, 0.1) is 29.6 Å². The molecule has 2 saturated heterocycles. The molecule has 292 valence electrons. The van der Waals surface area contributed by atoms with Crippen LogP contribution in [0.3, 0.4) is 0 Å². The van der Waals surface area contributed by atoms with Gasteiger partial charge in [0.1, 0.15) is 5.78 Å². The van der Waals surface area contributed by atoms with Crippen molar-refractivity contribution in [1.29, 1.82) is 0 Å². The summed E-state index contributed by atoms with van der Waals surface area (Å²) < 4.78 is 12.0. The number of methoxy groups -OCH3 is 2. The second-order valence-corrected chi connectivity index (χ2v) is 15.4. The van der Waals surface area contributed by atoms with Gasteiger partial charge in [-0.15, -0.1) is 0 Å². The van der Waals surface area contributed by atoms with Crippen molar-refractivity contribution >= 4 is 29.4 Å². The van der Waals surface area contributed by atoms with Crippen LogP contribution < -0.4 is 5.32 Å². The number of likely N-dealkylation sites (tertiary alicyclic amines) is 1. The van der Waals surface area contributed by atoms with E-state index in [0.717, 1.165) is 32.1 Å². The monoisotopic (exact) mass is 726 g/mol. The molecule has 0 aliphatic carbocycles. The Morgan fingerprint density at radius 3 is 2.19 bits per heavy atom. The third-order valence-corrected chi connectivity index (χ3v) is 11.7. The Bertz CT molecular complexity index is 1320. The van der Waals surface area contributed by atoms with Crippen molar-refractivity contribution in [3.05, 3.63) is 35.9 Å². The number of amides is 4. The molecule has 11 nitrogen and oxygen atoms in total. The molecule has 0 radical (unpaired) electrons. The number of nitrogens with one attached hydrogen (secondary N) is 1. The smallest absolute Gasteiger partial charge is 0.239 e. The maximum atomic E-state index is 14.2. The van der Waals surface area contributed by atoms with Crippen molar-refractivity contribution in [3.8, 4) is 0 Å². The number of rotatable bonds is 20. The first-order chi connectivity index (χ1) is 24.8. The number of hydrogen-bond acceptors (Lipinski definition) is 7. The molecule has 1 aromatic carbocycles. The van der Waals surface area contributed by atoms with Gasteiger partial charge in [0.25, 0.3) is 0 Å². The van der Waals surface area contributed by atoms with E-state index in [9.17, 15) is 24.0 Å². The third kappa shape index (κ3) is 11.3. The summed E-state index contributed by atoms with van der Waals surface area (Å²) in [5.41, 5.74) is 1.22. The lowest BCUT2D eigenvalue weighted by molar-refractivity contribution is -0.150. The second-order valence-electron chi connectivity index (χ2n) is 15.4. The largest absolute Gasteiger partial charge is 0.379 e. The zero-order valence-corrected chi connectivity index (χ0v) is 33.3. The highest BCUT2D eigenvalue weighted by Gasteiger charge is 2.43. The first kappa shape index (κ1) is 43.1. The van der Waals surface area contributed by atoms with Crippen molar-refractivity contribution in [1.82, 2.24) is 20.0 Å². The second kappa shape index (κ2) is 20.8. The normalized spacial score (nSPS) is 20.4. The van der Waals surface area contributed by atoms with E-state index in [1.54, 1.807) is 26.2 Å². The van der Waals surface area contributed by atoms with Crippen LogP contribution in [-0.4, -0.2) is 116 Å². The van der Waals surface area contributed by atoms with Gasteiger partial charge < -0.3 is 29.5 Å². The molecule has 0 unspecified atom stereocenters. The molecule has 0 bridgehead atoms. The molecular formula is C41H66N4O7. The number of ketones is 1. The summed E-state index contributed by atoms with van der Waals surface area (Å²) in [6.45, 7) is 13.4. The van der Waals surface area contributed by atoms with Gasteiger partial charge >= 0.3 is 0 Å². The van der Waals surface area contributed by atoms with Crippen LogP contribution in [0.15, 0.2) is 30.3 Å². The number of nitrogens with zero attached hydrogens (tertiary/aromatic N) is 3. The van der Waals surface area contributed by atoms with Gasteiger partial charge in [0.2, 0.25) is 23.6 Å². The quantitative estimate of drug-likeness (QED) is 0.206. The van der Waals surface area contributed by atoms with Crippen LogP contribution in [0.5, 0.6) is 0 Å². The molecule has 0 spiro atoms. The minimum absolute atomic E-state index is 0.00108. The molecule has 11 heteroatoms. The minimum Gasteiger partial charge on any atom is -0.379 e. The minimum atomic E-state index is -0.591. The molecule has 1 aromatic rings. The van der Waals surface area contributed by atoms with Gasteiger partial charge in [0.15, 0.2) is 0 Å². The van der Waals surface area contributed by atoms with Crippen LogP contribution in [0.2, 0.25) is 0 Å². The Labute approximate surface area is 312 Å². The lowest BCUT2D eigenvalue weighted by Gasteiger charge is -2.41. The fraction of sp³-hybridized carbons (Fsp3) is 0.732. The number of ether oxygens (including phenoxy) is 2. The van der Waals surface area contributed by atoms with E-state index in [-0.39, 0.29) is 78.5 Å². The highest BCUT2D eigenvalue weighted by Crippen LogP contribution is 2.31. The summed E-state index contributed by atoms with van der Waals surface area (Å²) in [6.07, 6.45) is 3.59. The summed E-state index contributed by atoms with van der Waals surface area (Å²) in [5.74, 6) is -1.37. The molecule has 1 N–H and O–H groups in total. The molecule has 4 amide bonds. The van der Waals surface area contributed by atoms with Crippen molar-refractivity contribution in [2.24, 2.45) is 29.6 Å². The Morgan fingerprint density at radius 2 is 1.62 bits per heavy atom. The summed E-state index contributed by atoms with van der Waals surface area (Å²) in [6, 6.07) is 9.60. The standard InChI is InChI=1S/C41H66N4O7/c1-10-28(5)39(43(7)41(50)32(27(3)4)24-37(48)44-21-19-42-36(47)26-44)35(51-8)25-38(49)45-20-15-18-33(45)40(52-9)29(6)34(46)23-30(11-2)22-31-16-13-12-14-17-31/h12-14,16-17,27-30,32-33,35,39-40H,10-11,15,18-26H2,1-9H3,(H,42,47)/t28-,29-,30+,32-,33-,35+,39-,40+/m0/s1. The molecule has 2 fully saturated rings. The lowest BCUT2D eigenvalue weighted by atomic mass is 9.84. The number of carbonyl (C=O) groups excluding carboxylic acids is 5. The highest BCUT2D eigenvalue weighted by atomic mass is 16.5. The SMILES string of the molecule is CC[C@@H](CC(=O)[C@H](C)[C@@H](OC)[C@@H]1CCCN1C(=O)C[C@@H](OC)[C@H]([C@@H](C)CC)N(C)C(=O)[C@@H](CC(=O)N1CCNC(=O)C1)C(C)C)Cc1ccccc1. The van der Waals surface area contributed by atoms with Gasteiger partial charge in [0, 0.05) is 65.6 Å². The fourth-order valence-corrected chi connectivity index (χ4v) is 8.16. The predicted octanol–water partition coefficient (Wildman–Crippen LogP) is 4.76. The number of Topliss-reactive ketones (excluding diaryl/α,β-unsaturated/α-hetero) is 1. The zero-order chi connectivity index (χ0) is 38.5. The van der Waals surface area contributed by atoms with Gasteiger partial charge in [-0.25, -0.2) is 0 Å². The molecule has 0 saturated carbocycles. The van der Waals surface area contributed by atoms with E-state index >= 15 is 0 Å². The van der Waals surface area contributed by atoms with E-state index < -0.39 is 24.2 Å². The maximum Gasteiger partial charge on any atom is 0.239 e. The zero-order valence-electron chi connectivity index (χ0n) is 33.3. The summed E-state index contributed by atoms with van der Waals surface area (Å²) in [4.78, 5) is 72.3. The lowest BCUT2D eigenvalue weighted by Crippen LogP contribution is -2.54. The number of benzene rings is 1. The van der Waals surface area contributed by atoms with Crippen molar-refractivity contribution in [3.63, 3.8) is 0 Å². The number of hydrogen-bond donors (Lipinski definition) is 1. The van der Waals surface area contributed by atoms with Crippen molar-refractivity contribution < 1.29 is 33.4 Å². The summed E-state index contributed by atoms with van der Waals surface area (Å²) in [5, 5.41) is 2.74. The topological polar surface area (TPSA) is 126 Å². The molecule has 3 rings (SSSR count). The van der Waals surface area contributed by atoms with Gasteiger partial charge in [-0.1, -0.05) is 84.7 Å². The number of likely N-dealkylation sites (N-methyl/N-ethyl adjacent to an activating group) is 1. The molecule has 2 aliphatic heterocycles. The molecule has 8 atom stereocenters. The molecule has 52 heavy (non-hydrogen) atoms. The van der Waals surface area contributed by atoms with Gasteiger partial charge in [0.05, 0.1) is 37.3 Å². The van der Waals surface area contributed by atoms with Crippen molar-refractivity contribution in [2.75, 3.05) is 47.4 Å². The average molecular weight is 727 g/mol. The number of piperazine rings is 1. The van der Waals surface area contributed by atoms with E-state index in [1.165, 1.54) is 10.5 Å². The van der Waals surface area contributed by atoms with Crippen molar-refractivity contribution in [2.45, 2.75) is 117 Å². The summed E-state index contributed by atoms with van der Waals surface area (Å²) >= 11 is 0. The van der Waals surface area contributed by atoms with E-state index in [1.807, 2.05) is 43.9 Å². The predicted molar refractivity (Wildman–Crippen MR) is 202 cm³/mol. The van der Waals surface area contributed by atoms with Gasteiger partial charge in [-0.2, -0.15) is 0 Å².